The molecule has 0 aliphatic carbocycles. The van der Waals surface area contributed by atoms with E-state index in [0.29, 0.717) is 0 Å². The van der Waals surface area contributed by atoms with Crippen molar-refractivity contribution in [2.24, 2.45) is 0 Å². The zero-order chi connectivity index (χ0) is 19.0. The number of hydrogen-bond donors (Lipinski definition) is 1. The maximum Gasteiger partial charge on any atom is 0.174 e. The predicted molar refractivity (Wildman–Crippen MR) is 121 cm³/mol. The number of pyridine rings is 1. The van der Waals surface area contributed by atoms with Crippen LogP contribution in [0.1, 0.15) is 22.7 Å². The minimum Gasteiger partial charge on any atom is -0.378 e. The van der Waals surface area contributed by atoms with E-state index in [1.807, 2.05) is 32.4 Å². The zero-order valence-corrected chi connectivity index (χ0v) is 18.2. The first kappa shape index (κ1) is 18.4. The van der Waals surface area contributed by atoms with Gasteiger partial charge in [-0.1, -0.05) is 6.07 Å². The molecule has 0 unspecified atom stereocenters. The Morgan fingerprint density at radius 3 is 2.56 bits per heavy atom. The summed E-state index contributed by atoms with van der Waals surface area (Å²) in [6.45, 7) is 0. The summed E-state index contributed by atoms with van der Waals surface area (Å²) in [5.41, 5.74) is 3.22. The lowest BCUT2D eigenvalue weighted by molar-refractivity contribution is 0.575. The highest BCUT2D eigenvalue weighted by molar-refractivity contribution is 9.10. The fourth-order valence-electron chi connectivity index (χ4n) is 3.32. The number of aromatic nitrogens is 1. The van der Waals surface area contributed by atoms with Crippen molar-refractivity contribution in [3.63, 3.8) is 0 Å². The molecule has 7 heteroatoms. The van der Waals surface area contributed by atoms with E-state index < -0.39 is 0 Å². The Bertz CT molecular complexity index is 940. The average Bonchev–Trinajstić information content (AvgIpc) is 3.25. The highest BCUT2D eigenvalue weighted by Gasteiger charge is 2.41. The van der Waals surface area contributed by atoms with Gasteiger partial charge in [0.15, 0.2) is 5.11 Å². The number of nitrogens with zero attached hydrogens (tertiary/aromatic N) is 3. The third-order valence-corrected chi connectivity index (χ3v) is 6.70. The van der Waals surface area contributed by atoms with E-state index in [1.165, 1.54) is 4.88 Å². The second-order valence-electron chi connectivity index (χ2n) is 6.57. The van der Waals surface area contributed by atoms with Crippen LogP contribution in [0.15, 0.2) is 64.6 Å². The molecule has 1 N–H and O–H groups in total. The normalized spacial score (nSPS) is 19.2. The lowest BCUT2D eigenvalue weighted by Crippen LogP contribution is -2.29. The van der Waals surface area contributed by atoms with E-state index in [-0.39, 0.29) is 12.1 Å². The van der Waals surface area contributed by atoms with Crippen LogP contribution < -0.4 is 15.1 Å². The number of halogens is 1. The summed E-state index contributed by atoms with van der Waals surface area (Å²) in [4.78, 5) is 10.1. The quantitative estimate of drug-likeness (QED) is 0.546. The summed E-state index contributed by atoms with van der Waals surface area (Å²) in [7, 11) is 4.08. The first-order chi connectivity index (χ1) is 13.0. The van der Waals surface area contributed by atoms with Gasteiger partial charge in [0.1, 0.15) is 0 Å². The molecule has 2 aromatic heterocycles. The summed E-state index contributed by atoms with van der Waals surface area (Å²) in [5, 5.41) is 6.32. The van der Waals surface area contributed by atoms with Crippen LogP contribution in [-0.4, -0.2) is 24.2 Å². The molecular formula is C20H19BrN4S2. The van der Waals surface area contributed by atoms with Crippen molar-refractivity contribution in [3.05, 3.63) is 75.2 Å². The number of hydrogen-bond acceptors (Lipinski definition) is 4. The maximum atomic E-state index is 5.74. The second-order valence-corrected chi connectivity index (χ2v) is 8.82. The van der Waals surface area contributed by atoms with Crippen LogP contribution in [0, 0.1) is 0 Å². The van der Waals surface area contributed by atoms with Crippen LogP contribution >= 0.6 is 39.5 Å². The third kappa shape index (κ3) is 3.59. The maximum absolute atomic E-state index is 5.74. The Labute approximate surface area is 177 Å². The van der Waals surface area contributed by atoms with Crippen LogP contribution in [-0.2, 0) is 0 Å². The van der Waals surface area contributed by atoms with Gasteiger partial charge in [-0.2, -0.15) is 0 Å². The highest BCUT2D eigenvalue weighted by atomic mass is 79.9. The lowest BCUT2D eigenvalue weighted by Gasteiger charge is -2.27. The van der Waals surface area contributed by atoms with Gasteiger partial charge in [-0.15, -0.1) is 11.3 Å². The van der Waals surface area contributed by atoms with Crippen molar-refractivity contribution in [1.82, 2.24) is 10.3 Å². The number of thiocarbonyl (C=S) groups is 1. The van der Waals surface area contributed by atoms with Crippen molar-refractivity contribution < 1.29 is 0 Å². The van der Waals surface area contributed by atoms with E-state index in [1.54, 1.807) is 11.3 Å². The zero-order valence-electron chi connectivity index (χ0n) is 15.0. The molecule has 2 atom stereocenters. The molecule has 138 valence electrons. The van der Waals surface area contributed by atoms with Gasteiger partial charge in [-0.3, -0.25) is 4.98 Å². The predicted octanol–water partition coefficient (Wildman–Crippen LogP) is 5.15. The van der Waals surface area contributed by atoms with Gasteiger partial charge in [-0.25, -0.2) is 0 Å². The monoisotopic (exact) mass is 458 g/mol. The molecule has 4 rings (SSSR count). The Balaban J connectivity index is 1.78. The molecule has 1 aliphatic rings. The Morgan fingerprint density at radius 2 is 1.96 bits per heavy atom. The molecule has 0 bridgehead atoms. The summed E-state index contributed by atoms with van der Waals surface area (Å²) >= 11 is 11.1. The Morgan fingerprint density at radius 1 is 1.19 bits per heavy atom. The van der Waals surface area contributed by atoms with Gasteiger partial charge in [0.2, 0.25) is 0 Å². The molecule has 1 aromatic carbocycles. The minimum absolute atomic E-state index is 0.00206. The largest absolute Gasteiger partial charge is 0.378 e. The lowest BCUT2D eigenvalue weighted by atomic mass is 10.0. The van der Waals surface area contributed by atoms with Crippen LogP contribution in [0.2, 0.25) is 0 Å². The summed E-state index contributed by atoms with van der Waals surface area (Å²) in [6.07, 6.45) is 1.83. The molecule has 4 nitrogen and oxygen atoms in total. The van der Waals surface area contributed by atoms with E-state index in [0.717, 1.165) is 26.7 Å². The minimum atomic E-state index is -0.00206. The molecule has 3 heterocycles. The molecule has 0 amide bonds. The molecule has 3 aromatic rings. The Kier molecular flexibility index (Phi) is 5.16. The van der Waals surface area contributed by atoms with Crippen LogP contribution in [0.3, 0.4) is 0 Å². The van der Waals surface area contributed by atoms with Gasteiger partial charge in [0, 0.05) is 46.4 Å². The third-order valence-electron chi connectivity index (χ3n) is 4.62. The average molecular weight is 459 g/mol. The van der Waals surface area contributed by atoms with Crippen molar-refractivity contribution in [1.29, 1.82) is 0 Å². The summed E-state index contributed by atoms with van der Waals surface area (Å²) in [6, 6.07) is 16.7. The number of thiophene rings is 1. The van der Waals surface area contributed by atoms with Crippen LogP contribution in [0.5, 0.6) is 0 Å². The number of benzene rings is 1. The molecular weight excluding hydrogens is 440 g/mol. The molecule has 27 heavy (non-hydrogen) atoms. The molecule has 1 saturated heterocycles. The molecule has 1 aliphatic heterocycles. The van der Waals surface area contributed by atoms with Crippen LogP contribution in [0.25, 0.3) is 0 Å². The highest BCUT2D eigenvalue weighted by Crippen LogP contribution is 2.44. The molecule has 0 spiro atoms. The van der Waals surface area contributed by atoms with E-state index in [4.69, 9.17) is 12.2 Å². The fourth-order valence-corrected chi connectivity index (χ4v) is 5.23. The standard InChI is InChI=1S/C20H19BrN4S2/c1-24(2)14-6-8-15(9-7-14)25-19(17-11-13(21)12-27-17)18(23-20(25)26)16-5-3-4-10-22-16/h3-12,18-19H,1-2H3,(H,23,26)/t18-,19+/m0/s1. The number of rotatable bonds is 4. The first-order valence-electron chi connectivity index (χ1n) is 8.56. The number of anilines is 2. The van der Waals surface area contributed by atoms with E-state index >= 15 is 0 Å². The fraction of sp³-hybridized carbons (Fsp3) is 0.200. The van der Waals surface area contributed by atoms with Gasteiger partial charge in [0.25, 0.3) is 0 Å². The number of nitrogens with one attached hydrogen (secondary N) is 1. The van der Waals surface area contributed by atoms with Crippen LogP contribution in [0.4, 0.5) is 11.4 Å². The topological polar surface area (TPSA) is 31.4 Å². The van der Waals surface area contributed by atoms with Gasteiger partial charge in [0.05, 0.1) is 17.8 Å². The smallest absolute Gasteiger partial charge is 0.174 e. The molecule has 1 fully saturated rings. The van der Waals surface area contributed by atoms with Crippen molar-refractivity contribution >= 4 is 56.0 Å². The Hall–Kier alpha value is -1.96. The van der Waals surface area contributed by atoms with Gasteiger partial charge < -0.3 is 15.1 Å². The molecule has 0 radical (unpaired) electrons. The second kappa shape index (κ2) is 7.58. The first-order valence-corrected chi connectivity index (χ1v) is 10.6. The summed E-state index contributed by atoms with van der Waals surface area (Å²) < 4.78 is 1.09. The summed E-state index contributed by atoms with van der Waals surface area (Å²) in [5.74, 6) is 0. The van der Waals surface area contributed by atoms with Crippen molar-refractivity contribution in [2.75, 3.05) is 23.9 Å². The van der Waals surface area contributed by atoms with E-state index in [2.05, 4.69) is 77.8 Å². The molecule has 0 saturated carbocycles. The van der Waals surface area contributed by atoms with Crippen molar-refractivity contribution in [2.45, 2.75) is 12.1 Å². The van der Waals surface area contributed by atoms with E-state index in [9.17, 15) is 0 Å². The van der Waals surface area contributed by atoms with Crippen molar-refractivity contribution in [3.8, 4) is 0 Å². The van der Waals surface area contributed by atoms with Gasteiger partial charge >= 0.3 is 0 Å². The van der Waals surface area contributed by atoms with Gasteiger partial charge in [-0.05, 0) is 70.6 Å². The SMILES string of the molecule is CN(C)c1ccc(N2C(=S)N[C@@H](c3ccccn3)[C@H]2c2cc(Br)cs2)cc1.